The summed E-state index contributed by atoms with van der Waals surface area (Å²) in [5.74, 6) is -0.0135. The summed E-state index contributed by atoms with van der Waals surface area (Å²) in [7, 11) is 0. The monoisotopic (exact) mass is 485 g/mol. The van der Waals surface area contributed by atoms with E-state index < -0.39 is 11.6 Å². The summed E-state index contributed by atoms with van der Waals surface area (Å²) in [5, 5.41) is 16.5. The average Bonchev–Trinajstić information content (AvgIpc) is 3.40. The van der Waals surface area contributed by atoms with Gasteiger partial charge in [0, 0.05) is 41.9 Å². The van der Waals surface area contributed by atoms with Gasteiger partial charge in [-0.2, -0.15) is 0 Å². The molecule has 3 aliphatic heterocycles. The third-order valence-electron chi connectivity index (χ3n) is 8.01. The number of nitrogens with one attached hydrogen (secondary N) is 1. The zero-order chi connectivity index (χ0) is 23.6. The molecule has 2 aromatic rings. The molecule has 2 atom stereocenters. The number of ether oxygens (including phenoxy) is 1. The highest BCUT2D eigenvalue weighted by Gasteiger charge is 2.53. The van der Waals surface area contributed by atoms with Gasteiger partial charge >= 0.3 is 5.97 Å². The minimum atomic E-state index is -1.59. The molecule has 1 saturated carbocycles. The average molecular weight is 486 g/mol. The highest BCUT2D eigenvalue weighted by atomic mass is 32.1. The Morgan fingerprint density at radius 3 is 2.65 bits per heavy atom. The Hall–Kier alpha value is -2.36. The second kappa shape index (κ2) is 9.71. The molecule has 3 saturated heterocycles. The number of fused-ring (bicyclic) bond motifs is 3. The topological polar surface area (TPSA) is 101 Å². The van der Waals surface area contributed by atoms with Crippen molar-refractivity contribution in [2.45, 2.75) is 56.7 Å². The van der Waals surface area contributed by atoms with Crippen LogP contribution < -0.4 is 5.32 Å². The Morgan fingerprint density at radius 2 is 1.97 bits per heavy atom. The van der Waals surface area contributed by atoms with Crippen molar-refractivity contribution in [2.75, 3.05) is 31.5 Å². The lowest BCUT2D eigenvalue weighted by atomic mass is 9.75. The Labute approximate surface area is 204 Å². The summed E-state index contributed by atoms with van der Waals surface area (Å²) in [4.78, 5) is 35.2. The zero-order valence-electron chi connectivity index (χ0n) is 19.4. The highest BCUT2D eigenvalue weighted by molar-refractivity contribution is 7.10. The van der Waals surface area contributed by atoms with Crippen LogP contribution in [-0.4, -0.2) is 63.7 Å². The van der Waals surface area contributed by atoms with E-state index in [1.807, 2.05) is 17.5 Å². The molecule has 4 aliphatic rings. The number of thiophene rings is 1. The molecule has 6 rings (SSSR count). The second-order valence-corrected chi connectivity index (χ2v) is 11.1. The van der Waals surface area contributed by atoms with Gasteiger partial charge in [-0.15, -0.1) is 11.3 Å². The van der Waals surface area contributed by atoms with Crippen molar-refractivity contribution in [1.82, 2.24) is 9.97 Å². The van der Waals surface area contributed by atoms with Gasteiger partial charge in [0.2, 0.25) is 0 Å². The first kappa shape index (κ1) is 23.4. The molecular weight excluding hydrogens is 452 g/mol. The van der Waals surface area contributed by atoms with Crippen LogP contribution in [0.3, 0.4) is 0 Å². The predicted molar refractivity (Wildman–Crippen MR) is 128 cm³/mol. The Morgan fingerprint density at radius 1 is 1.18 bits per heavy atom. The molecule has 2 N–H and O–H groups in total. The first-order valence-electron chi connectivity index (χ1n) is 12.4. The molecule has 34 heavy (non-hydrogen) atoms. The van der Waals surface area contributed by atoms with Gasteiger partial charge in [-0.3, -0.25) is 9.78 Å². The molecule has 4 fully saturated rings. The molecule has 0 radical (unpaired) electrons. The minimum Gasteiger partial charge on any atom is -0.454 e. The van der Waals surface area contributed by atoms with Crippen molar-refractivity contribution in [3.8, 4) is 0 Å². The Kier molecular flexibility index (Phi) is 6.68. The molecule has 5 heterocycles. The summed E-state index contributed by atoms with van der Waals surface area (Å²) in [6, 6.07) is 3.73. The summed E-state index contributed by atoms with van der Waals surface area (Å²) in [6.07, 6.45) is 11.1. The quantitative estimate of drug-likeness (QED) is 0.462. The highest BCUT2D eigenvalue weighted by Crippen LogP contribution is 2.43. The predicted octanol–water partition coefficient (Wildman–Crippen LogP) is 3.10. The summed E-state index contributed by atoms with van der Waals surface area (Å²) < 4.78 is 6.74. The SMILES string of the molecule is O=C(C[N+]12CCC(CC1)[C@@H](OC(=O)C(O)(c1cccs1)C1CCCCC1)C2)Nc1cnccn1. The number of carbonyl (C=O) groups is 2. The molecule has 0 aromatic carbocycles. The van der Waals surface area contributed by atoms with Crippen molar-refractivity contribution in [3.63, 3.8) is 0 Å². The van der Waals surface area contributed by atoms with Crippen LogP contribution >= 0.6 is 11.3 Å². The van der Waals surface area contributed by atoms with Crippen LogP contribution in [0, 0.1) is 11.8 Å². The molecule has 1 amide bonds. The number of carbonyl (C=O) groups excluding carboxylic acids is 2. The molecule has 1 aliphatic carbocycles. The molecular formula is C25H33N4O4S+. The molecule has 2 bridgehead atoms. The van der Waals surface area contributed by atoms with Crippen LogP contribution in [-0.2, 0) is 19.9 Å². The maximum absolute atomic E-state index is 13.6. The van der Waals surface area contributed by atoms with Gasteiger partial charge in [0.1, 0.15) is 6.54 Å². The third-order valence-corrected chi connectivity index (χ3v) is 9.01. The summed E-state index contributed by atoms with van der Waals surface area (Å²) >= 11 is 1.42. The molecule has 1 unspecified atom stereocenters. The van der Waals surface area contributed by atoms with Gasteiger partial charge in [0.25, 0.3) is 5.91 Å². The van der Waals surface area contributed by atoms with Gasteiger partial charge in [0.15, 0.2) is 24.1 Å². The van der Waals surface area contributed by atoms with Crippen molar-refractivity contribution in [3.05, 3.63) is 41.0 Å². The fourth-order valence-corrected chi connectivity index (χ4v) is 7.03. The van der Waals surface area contributed by atoms with Crippen LogP contribution in [0.1, 0.15) is 49.8 Å². The Balaban J connectivity index is 1.29. The first-order valence-corrected chi connectivity index (χ1v) is 13.2. The third kappa shape index (κ3) is 4.61. The van der Waals surface area contributed by atoms with Crippen LogP contribution in [0.2, 0.25) is 0 Å². The van der Waals surface area contributed by atoms with Crippen LogP contribution in [0.5, 0.6) is 0 Å². The van der Waals surface area contributed by atoms with E-state index in [0.717, 1.165) is 58.0 Å². The van der Waals surface area contributed by atoms with E-state index in [9.17, 15) is 14.7 Å². The van der Waals surface area contributed by atoms with Gasteiger partial charge < -0.3 is 19.6 Å². The van der Waals surface area contributed by atoms with Crippen molar-refractivity contribution in [2.24, 2.45) is 11.8 Å². The fourth-order valence-electron chi connectivity index (χ4n) is 6.14. The molecule has 2 aromatic heterocycles. The van der Waals surface area contributed by atoms with E-state index in [1.165, 1.54) is 17.5 Å². The van der Waals surface area contributed by atoms with E-state index in [1.54, 1.807) is 12.4 Å². The van der Waals surface area contributed by atoms with Gasteiger partial charge in [-0.1, -0.05) is 25.3 Å². The van der Waals surface area contributed by atoms with E-state index in [2.05, 4.69) is 15.3 Å². The van der Waals surface area contributed by atoms with Gasteiger partial charge in [-0.05, 0) is 24.3 Å². The number of aliphatic hydroxyl groups is 1. The summed E-state index contributed by atoms with van der Waals surface area (Å²) in [6.45, 7) is 2.71. The molecule has 182 valence electrons. The smallest absolute Gasteiger partial charge is 0.344 e. The van der Waals surface area contributed by atoms with E-state index in [-0.39, 0.29) is 23.8 Å². The lowest BCUT2D eigenvalue weighted by Gasteiger charge is -2.52. The number of amides is 1. The number of nitrogens with zero attached hydrogens (tertiary/aromatic N) is 3. The largest absolute Gasteiger partial charge is 0.454 e. The number of aromatic nitrogens is 2. The van der Waals surface area contributed by atoms with E-state index >= 15 is 0 Å². The maximum atomic E-state index is 13.6. The Bertz CT molecular complexity index is 988. The lowest BCUT2D eigenvalue weighted by molar-refractivity contribution is -0.939. The van der Waals surface area contributed by atoms with Crippen LogP contribution in [0.25, 0.3) is 0 Å². The fraction of sp³-hybridized carbons (Fsp3) is 0.600. The van der Waals surface area contributed by atoms with Crippen molar-refractivity contribution >= 4 is 29.0 Å². The lowest BCUT2D eigenvalue weighted by Crippen LogP contribution is -2.66. The number of piperidine rings is 3. The molecule has 8 nitrogen and oxygen atoms in total. The number of esters is 1. The normalized spacial score (nSPS) is 28.7. The number of rotatable bonds is 7. The maximum Gasteiger partial charge on any atom is 0.344 e. The number of anilines is 1. The molecule has 0 spiro atoms. The summed E-state index contributed by atoms with van der Waals surface area (Å²) in [5.41, 5.74) is -1.59. The number of hydrogen-bond donors (Lipinski definition) is 2. The number of quaternary nitrogens is 1. The van der Waals surface area contributed by atoms with Crippen LogP contribution in [0.4, 0.5) is 5.82 Å². The minimum absolute atomic E-state index is 0.108. The standard InChI is InChI=1S/C25H32N4O4S/c30-23(28-22-15-26-10-11-27-22)17-29-12-8-18(9-13-29)20(16-29)33-24(31)25(32,21-7-4-14-34-21)19-5-2-1-3-6-19/h4,7,10-11,14-15,18-20,32H,1-3,5-6,8-9,12-13,16-17H2/p+1/t18?,20-,25?,29?/m0/s1. The van der Waals surface area contributed by atoms with E-state index in [0.29, 0.717) is 28.3 Å². The van der Waals surface area contributed by atoms with Gasteiger partial charge in [-0.25, -0.2) is 9.78 Å². The first-order chi connectivity index (χ1) is 16.5. The van der Waals surface area contributed by atoms with Crippen molar-refractivity contribution in [1.29, 1.82) is 0 Å². The van der Waals surface area contributed by atoms with Gasteiger partial charge in [0.05, 0.1) is 19.3 Å². The number of hydrogen-bond acceptors (Lipinski definition) is 7. The van der Waals surface area contributed by atoms with Crippen LogP contribution in [0.15, 0.2) is 36.1 Å². The zero-order valence-corrected chi connectivity index (χ0v) is 20.2. The van der Waals surface area contributed by atoms with E-state index in [4.69, 9.17) is 4.74 Å². The second-order valence-electron chi connectivity index (χ2n) is 10.1. The molecule has 9 heteroatoms. The van der Waals surface area contributed by atoms with Crippen molar-refractivity contribution < 1.29 is 23.9 Å².